The Hall–Kier alpha value is -1.81. The van der Waals surface area contributed by atoms with Crippen LogP contribution in [0.3, 0.4) is 0 Å². The van der Waals surface area contributed by atoms with E-state index in [4.69, 9.17) is 4.74 Å². The third-order valence-corrected chi connectivity index (χ3v) is 3.08. The second kappa shape index (κ2) is 4.22. The number of amides is 1. The largest absolute Gasteiger partial charge is 0.379 e. The molecule has 2 heterocycles. The summed E-state index contributed by atoms with van der Waals surface area (Å²) < 4.78 is 5.23. The molecule has 1 aliphatic heterocycles. The van der Waals surface area contributed by atoms with E-state index >= 15 is 0 Å². The van der Waals surface area contributed by atoms with Crippen LogP contribution in [-0.4, -0.2) is 30.1 Å². The smallest absolute Gasteiger partial charge is 0.251 e. The zero-order valence-corrected chi connectivity index (χ0v) is 9.40. The summed E-state index contributed by atoms with van der Waals surface area (Å²) in [7, 11) is 0. The van der Waals surface area contributed by atoms with E-state index in [1.807, 2.05) is 30.5 Å². The standard InChI is InChI=1S/C13H14N2O2/c16-13(15-11-4-6-17-8-11)10-1-2-12-9(7-10)3-5-14-12/h1-3,5,7,11,14H,4,6,8H2,(H,15,16). The molecule has 0 bridgehead atoms. The van der Waals surface area contributed by atoms with Gasteiger partial charge >= 0.3 is 0 Å². The van der Waals surface area contributed by atoms with Crippen molar-refractivity contribution in [2.24, 2.45) is 0 Å². The van der Waals surface area contributed by atoms with Gasteiger partial charge in [-0.25, -0.2) is 0 Å². The summed E-state index contributed by atoms with van der Waals surface area (Å²) in [6, 6.07) is 7.78. The van der Waals surface area contributed by atoms with E-state index in [0.29, 0.717) is 12.2 Å². The molecular formula is C13H14N2O2. The number of hydrogen-bond acceptors (Lipinski definition) is 2. The van der Waals surface area contributed by atoms with Crippen molar-refractivity contribution in [1.82, 2.24) is 10.3 Å². The summed E-state index contributed by atoms with van der Waals surface area (Å²) in [5.41, 5.74) is 1.75. The van der Waals surface area contributed by atoms with E-state index in [1.54, 1.807) is 0 Å². The molecule has 1 aromatic heterocycles. The van der Waals surface area contributed by atoms with Crippen molar-refractivity contribution in [2.75, 3.05) is 13.2 Å². The normalized spacial score (nSPS) is 19.6. The van der Waals surface area contributed by atoms with Gasteiger partial charge in [0.15, 0.2) is 0 Å². The van der Waals surface area contributed by atoms with Gasteiger partial charge in [0.1, 0.15) is 0 Å². The maximum atomic E-state index is 12.0. The van der Waals surface area contributed by atoms with Gasteiger partial charge in [-0.05, 0) is 30.7 Å². The molecule has 1 amide bonds. The van der Waals surface area contributed by atoms with Gasteiger partial charge in [0.05, 0.1) is 12.6 Å². The molecule has 2 aromatic rings. The molecule has 88 valence electrons. The van der Waals surface area contributed by atoms with Crippen LogP contribution in [0.15, 0.2) is 30.5 Å². The third-order valence-electron chi connectivity index (χ3n) is 3.08. The Morgan fingerprint density at radius 2 is 2.35 bits per heavy atom. The second-order valence-electron chi connectivity index (χ2n) is 4.31. The van der Waals surface area contributed by atoms with Gasteiger partial charge in [0, 0.05) is 29.3 Å². The molecule has 1 fully saturated rings. The molecule has 0 radical (unpaired) electrons. The fourth-order valence-electron chi connectivity index (χ4n) is 2.11. The topological polar surface area (TPSA) is 54.1 Å². The van der Waals surface area contributed by atoms with Crippen LogP contribution in [0.5, 0.6) is 0 Å². The number of benzene rings is 1. The average Bonchev–Trinajstić information content (AvgIpc) is 2.97. The SMILES string of the molecule is O=C(NC1CCOC1)c1ccc2[nH]ccc2c1. The first-order valence-corrected chi connectivity index (χ1v) is 5.79. The van der Waals surface area contributed by atoms with Crippen molar-refractivity contribution in [3.63, 3.8) is 0 Å². The highest BCUT2D eigenvalue weighted by molar-refractivity contribution is 5.98. The third kappa shape index (κ3) is 2.03. The number of aromatic amines is 1. The molecule has 3 rings (SSSR count). The van der Waals surface area contributed by atoms with Crippen LogP contribution in [0.2, 0.25) is 0 Å². The lowest BCUT2D eigenvalue weighted by Crippen LogP contribution is -2.34. The minimum atomic E-state index is -0.0244. The Balaban J connectivity index is 1.79. The molecule has 0 spiro atoms. The lowest BCUT2D eigenvalue weighted by Gasteiger charge is -2.10. The van der Waals surface area contributed by atoms with E-state index in [9.17, 15) is 4.79 Å². The first-order valence-electron chi connectivity index (χ1n) is 5.79. The first kappa shape index (κ1) is 10.4. The number of carbonyl (C=O) groups is 1. The van der Waals surface area contributed by atoms with Crippen LogP contribution in [0.4, 0.5) is 0 Å². The molecule has 4 heteroatoms. The number of hydrogen-bond donors (Lipinski definition) is 2. The lowest BCUT2D eigenvalue weighted by atomic mass is 10.1. The molecule has 1 aromatic carbocycles. The molecule has 0 saturated carbocycles. The van der Waals surface area contributed by atoms with Gasteiger partial charge in [0.25, 0.3) is 5.91 Å². The van der Waals surface area contributed by atoms with Crippen molar-refractivity contribution in [2.45, 2.75) is 12.5 Å². The molecule has 1 aliphatic rings. The molecule has 2 N–H and O–H groups in total. The zero-order chi connectivity index (χ0) is 11.7. The lowest BCUT2D eigenvalue weighted by molar-refractivity contribution is 0.0930. The summed E-state index contributed by atoms with van der Waals surface area (Å²) >= 11 is 0. The number of aromatic nitrogens is 1. The molecule has 0 aliphatic carbocycles. The Morgan fingerprint density at radius 3 is 3.18 bits per heavy atom. The highest BCUT2D eigenvalue weighted by atomic mass is 16.5. The number of ether oxygens (including phenoxy) is 1. The van der Waals surface area contributed by atoms with Gasteiger partial charge in [-0.1, -0.05) is 0 Å². The van der Waals surface area contributed by atoms with Crippen LogP contribution in [0.1, 0.15) is 16.8 Å². The average molecular weight is 230 g/mol. The van der Waals surface area contributed by atoms with Gasteiger partial charge in [-0.3, -0.25) is 4.79 Å². The fraction of sp³-hybridized carbons (Fsp3) is 0.308. The summed E-state index contributed by atoms with van der Waals surface area (Å²) in [5.74, 6) is -0.0244. The summed E-state index contributed by atoms with van der Waals surface area (Å²) in [5, 5.41) is 4.03. The molecule has 17 heavy (non-hydrogen) atoms. The monoisotopic (exact) mass is 230 g/mol. The predicted octanol–water partition coefficient (Wildman–Crippen LogP) is 1.69. The Morgan fingerprint density at radius 1 is 1.41 bits per heavy atom. The summed E-state index contributed by atoms with van der Waals surface area (Å²) in [6.45, 7) is 1.36. The van der Waals surface area contributed by atoms with Gasteiger partial charge in [0.2, 0.25) is 0 Å². The van der Waals surface area contributed by atoms with Crippen LogP contribution >= 0.6 is 0 Å². The van der Waals surface area contributed by atoms with E-state index in [1.165, 1.54) is 0 Å². The summed E-state index contributed by atoms with van der Waals surface area (Å²) in [6.07, 6.45) is 2.77. The number of H-pyrrole nitrogens is 1. The maximum Gasteiger partial charge on any atom is 0.251 e. The van der Waals surface area contributed by atoms with Crippen LogP contribution < -0.4 is 5.32 Å². The van der Waals surface area contributed by atoms with Crippen LogP contribution in [0, 0.1) is 0 Å². The number of carbonyl (C=O) groups excluding carboxylic acids is 1. The van der Waals surface area contributed by atoms with Crippen LogP contribution in [-0.2, 0) is 4.74 Å². The maximum absolute atomic E-state index is 12.0. The second-order valence-corrected chi connectivity index (χ2v) is 4.31. The molecule has 4 nitrogen and oxygen atoms in total. The van der Waals surface area contributed by atoms with Crippen LogP contribution in [0.25, 0.3) is 10.9 Å². The van der Waals surface area contributed by atoms with E-state index in [-0.39, 0.29) is 11.9 Å². The minimum absolute atomic E-state index is 0.0244. The van der Waals surface area contributed by atoms with E-state index in [0.717, 1.165) is 23.9 Å². The van der Waals surface area contributed by atoms with Crippen molar-refractivity contribution >= 4 is 16.8 Å². The van der Waals surface area contributed by atoms with E-state index in [2.05, 4.69) is 10.3 Å². The summed E-state index contributed by atoms with van der Waals surface area (Å²) in [4.78, 5) is 15.1. The Labute approximate surface area is 99.0 Å². The zero-order valence-electron chi connectivity index (χ0n) is 9.40. The van der Waals surface area contributed by atoms with Crippen molar-refractivity contribution in [3.8, 4) is 0 Å². The predicted molar refractivity (Wildman–Crippen MR) is 65.0 cm³/mol. The van der Waals surface area contributed by atoms with Gasteiger partial charge < -0.3 is 15.0 Å². The fourth-order valence-corrected chi connectivity index (χ4v) is 2.11. The molecular weight excluding hydrogens is 216 g/mol. The van der Waals surface area contributed by atoms with Crippen molar-refractivity contribution in [3.05, 3.63) is 36.0 Å². The van der Waals surface area contributed by atoms with Gasteiger partial charge in [-0.2, -0.15) is 0 Å². The van der Waals surface area contributed by atoms with Gasteiger partial charge in [-0.15, -0.1) is 0 Å². The van der Waals surface area contributed by atoms with Crippen molar-refractivity contribution < 1.29 is 9.53 Å². The molecule has 1 unspecified atom stereocenters. The molecule has 1 saturated heterocycles. The van der Waals surface area contributed by atoms with Crippen molar-refractivity contribution in [1.29, 1.82) is 0 Å². The van der Waals surface area contributed by atoms with E-state index < -0.39 is 0 Å². The Kier molecular flexibility index (Phi) is 2.57. The quantitative estimate of drug-likeness (QED) is 0.824. The Bertz CT molecular complexity index is 541. The number of rotatable bonds is 2. The number of nitrogens with one attached hydrogen (secondary N) is 2. The minimum Gasteiger partial charge on any atom is -0.379 e. The molecule has 1 atom stereocenters. The number of fused-ring (bicyclic) bond motifs is 1. The highest BCUT2D eigenvalue weighted by Crippen LogP contribution is 2.14. The first-order chi connectivity index (χ1) is 8.33. The highest BCUT2D eigenvalue weighted by Gasteiger charge is 2.18.